The van der Waals surface area contributed by atoms with E-state index in [4.69, 9.17) is 4.52 Å². The van der Waals surface area contributed by atoms with Crippen molar-refractivity contribution in [3.8, 4) is 5.88 Å². The van der Waals surface area contributed by atoms with Crippen LogP contribution in [0.2, 0.25) is 0 Å². The van der Waals surface area contributed by atoms with Gasteiger partial charge in [-0.05, 0) is 43.2 Å². The molecule has 18 heavy (non-hydrogen) atoms. The monoisotopic (exact) mass is 269 g/mol. The summed E-state index contributed by atoms with van der Waals surface area (Å²) in [4.78, 5) is 3.79. The van der Waals surface area contributed by atoms with E-state index in [0.717, 1.165) is 5.56 Å². The highest BCUT2D eigenvalue weighted by atomic mass is 31.2. The van der Waals surface area contributed by atoms with Crippen LogP contribution in [-0.4, -0.2) is 29.5 Å². The molecule has 1 saturated carbocycles. The average molecular weight is 269 g/mol. The highest BCUT2D eigenvalue weighted by Crippen LogP contribution is 2.53. The first kappa shape index (κ1) is 13.6. The number of nitrogens with zero attached hydrogens (tertiary/aromatic N) is 1. The molecule has 2 rings (SSSR count). The van der Waals surface area contributed by atoms with E-state index >= 15 is 0 Å². The lowest BCUT2D eigenvalue weighted by molar-refractivity contribution is 0.334. The molecule has 5 heteroatoms. The Morgan fingerprint density at radius 1 is 1.61 bits per heavy atom. The van der Waals surface area contributed by atoms with E-state index in [0.29, 0.717) is 18.7 Å². The minimum Gasteiger partial charge on any atom is -0.493 e. The maximum Gasteiger partial charge on any atom is 0.210 e. The molecule has 0 spiro atoms. The van der Waals surface area contributed by atoms with Crippen LogP contribution in [0.15, 0.2) is 18.3 Å². The number of hydrogen-bond acceptors (Lipinski definition) is 4. The summed E-state index contributed by atoms with van der Waals surface area (Å²) in [5, 5.41) is 9.45. The van der Waals surface area contributed by atoms with Gasteiger partial charge in [-0.15, -0.1) is 0 Å². The lowest BCUT2D eigenvalue weighted by atomic mass is 9.97. The normalized spacial score (nSPS) is 20.3. The van der Waals surface area contributed by atoms with E-state index in [2.05, 4.69) is 4.98 Å². The second kappa shape index (κ2) is 5.41. The molecule has 1 heterocycles. The first-order valence-corrected chi connectivity index (χ1v) is 8.63. The molecule has 4 nitrogen and oxygen atoms in total. The third kappa shape index (κ3) is 3.56. The Balaban J connectivity index is 2.16. The Labute approximate surface area is 108 Å². The van der Waals surface area contributed by atoms with E-state index in [1.165, 1.54) is 12.8 Å². The Morgan fingerprint density at radius 2 is 2.33 bits per heavy atom. The van der Waals surface area contributed by atoms with E-state index in [9.17, 15) is 9.67 Å². The Bertz CT molecular complexity index is 459. The zero-order valence-corrected chi connectivity index (χ0v) is 11.8. The molecule has 0 bridgehead atoms. The predicted octanol–water partition coefficient (Wildman–Crippen LogP) is 3.23. The minimum atomic E-state index is -2.55. The Morgan fingerprint density at radius 3 is 2.89 bits per heavy atom. The quantitative estimate of drug-likeness (QED) is 0.805. The van der Waals surface area contributed by atoms with Gasteiger partial charge in [0.2, 0.25) is 13.2 Å². The van der Waals surface area contributed by atoms with Crippen molar-refractivity contribution in [1.29, 1.82) is 0 Å². The van der Waals surface area contributed by atoms with Crippen LogP contribution in [0.3, 0.4) is 0 Å². The van der Waals surface area contributed by atoms with Gasteiger partial charge in [0.1, 0.15) is 0 Å². The van der Waals surface area contributed by atoms with Crippen molar-refractivity contribution in [1.82, 2.24) is 4.98 Å². The molecule has 1 aromatic heterocycles. The second-order valence-electron chi connectivity index (χ2n) is 5.01. The van der Waals surface area contributed by atoms with Gasteiger partial charge in [0.05, 0.1) is 6.61 Å². The number of aromatic nitrogens is 1. The van der Waals surface area contributed by atoms with Crippen LogP contribution in [-0.2, 0) is 9.09 Å². The zero-order valence-electron chi connectivity index (χ0n) is 10.9. The summed E-state index contributed by atoms with van der Waals surface area (Å²) < 4.78 is 17.7. The fourth-order valence-electron chi connectivity index (χ4n) is 2.37. The van der Waals surface area contributed by atoms with Crippen molar-refractivity contribution in [2.75, 3.05) is 19.4 Å². The maximum absolute atomic E-state index is 12.3. The van der Waals surface area contributed by atoms with Crippen molar-refractivity contribution in [3.63, 3.8) is 0 Å². The smallest absolute Gasteiger partial charge is 0.210 e. The number of aromatic hydroxyl groups is 1. The van der Waals surface area contributed by atoms with Crippen molar-refractivity contribution in [2.45, 2.75) is 25.7 Å². The second-order valence-corrected chi connectivity index (χ2v) is 7.66. The van der Waals surface area contributed by atoms with Gasteiger partial charge in [0.25, 0.3) is 0 Å². The molecule has 2 atom stereocenters. The van der Waals surface area contributed by atoms with Crippen molar-refractivity contribution < 1.29 is 14.2 Å². The van der Waals surface area contributed by atoms with Crippen LogP contribution in [0.4, 0.5) is 0 Å². The molecule has 1 fully saturated rings. The topological polar surface area (TPSA) is 59.4 Å². The predicted molar refractivity (Wildman–Crippen MR) is 71.4 cm³/mol. The fourth-order valence-corrected chi connectivity index (χ4v) is 4.25. The third-order valence-electron chi connectivity index (χ3n) is 3.32. The summed E-state index contributed by atoms with van der Waals surface area (Å²) in [6, 6.07) is 3.57. The van der Waals surface area contributed by atoms with Gasteiger partial charge in [0.15, 0.2) is 0 Å². The van der Waals surface area contributed by atoms with Gasteiger partial charge in [-0.3, -0.25) is 4.57 Å². The van der Waals surface area contributed by atoms with Gasteiger partial charge in [-0.1, -0.05) is 0 Å². The highest BCUT2D eigenvalue weighted by molar-refractivity contribution is 7.58. The molecule has 0 amide bonds. The van der Waals surface area contributed by atoms with Gasteiger partial charge in [-0.2, -0.15) is 0 Å². The zero-order chi connectivity index (χ0) is 13.2. The SMILES string of the molecule is CCOP(C)(=O)CC(c1ccnc(O)c1)C1CC1. The Kier molecular flexibility index (Phi) is 4.08. The molecule has 0 aromatic carbocycles. The van der Waals surface area contributed by atoms with E-state index in [1.807, 2.05) is 13.0 Å². The first-order valence-electron chi connectivity index (χ1n) is 6.38. The maximum atomic E-state index is 12.3. The van der Waals surface area contributed by atoms with Gasteiger partial charge < -0.3 is 9.63 Å². The summed E-state index contributed by atoms with van der Waals surface area (Å²) >= 11 is 0. The Hall–Kier alpha value is -0.860. The molecule has 0 radical (unpaired) electrons. The summed E-state index contributed by atoms with van der Waals surface area (Å²) in [6.07, 6.45) is 4.48. The standard InChI is InChI=1S/C13H20NO3P/c1-3-17-18(2,16)9-12(10-4-5-10)11-6-7-14-13(15)8-11/h6-8,10,12H,3-5,9H2,1-2H3,(H,14,15). The lowest BCUT2D eigenvalue weighted by Gasteiger charge is -2.21. The van der Waals surface area contributed by atoms with Crippen molar-refractivity contribution >= 4 is 7.37 Å². The fraction of sp³-hybridized carbons (Fsp3) is 0.615. The van der Waals surface area contributed by atoms with Gasteiger partial charge in [-0.25, -0.2) is 4.98 Å². The summed E-state index contributed by atoms with van der Waals surface area (Å²) in [6.45, 7) is 4.04. The van der Waals surface area contributed by atoms with Crippen LogP contribution in [0.1, 0.15) is 31.2 Å². The number of pyridine rings is 1. The van der Waals surface area contributed by atoms with Crippen LogP contribution >= 0.6 is 7.37 Å². The molecular formula is C13H20NO3P. The minimum absolute atomic E-state index is 0.0282. The third-order valence-corrected chi connectivity index (χ3v) is 5.18. The molecule has 0 aliphatic heterocycles. The lowest BCUT2D eigenvalue weighted by Crippen LogP contribution is -2.09. The first-order chi connectivity index (χ1) is 8.52. The van der Waals surface area contributed by atoms with Crippen LogP contribution in [0, 0.1) is 5.92 Å². The molecule has 1 aliphatic carbocycles. The number of hydrogen-bond donors (Lipinski definition) is 1. The molecule has 2 unspecified atom stereocenters. The molecule has 1 aromatic rings. The van der Waals surface area contributed by atoms with E-state index < -0.39 is 7.37 Å². The van der Waals surface area contributed by atoms with E-state index in [-0.39, 0.29) is 11.8 Å². The van der Waals surface area contributed by atoms with Crippen LogP contribution < -0.4 is 0 Å². The molecule has 1 N–H and O–H groups in total. The number of rotatable bonds is 6. The summed E-state index contributed by atoms with van der Waals surface area (Å²) in [5.41, 5.74) is 1.02. The molecule has 0 saturated heterocycles. The average Bonchev–Trinajstić information content (AvgIpc) is 3.09. The van der Waals surface area contributed by atoms with E-state index in [1.54, 1.807) is 18.9 Å². The van der Waals surface area contributed by atoms with Crippen LogP contribution in [0.25, 0.3) is 0 Å². The molecule has 100 valence electrons. The molecule has 1 aliphatic rings. The van der Waals surface area contributed by atoms with Gasteiger partial charge in [0, 0.05) is 25.1 Å². The molecular weight excluding hydrogens is 249 g/mol. The summed E-state index contributed by atoms with van der Waals surface area (Å²) in [7, 11) is -2.55. The van der Waals surface area contributed by atoms with Gasteiger partial charge >= 0.3 is 0 Å². The van der Waals surface area contributed by atoms with Crippen molar-refractivity contribution in [3.05, 3.63) is 23.9 Å². The van der Waals surface area contributed by atoms with Crippen LogP contribution in [0.5, 0.6) is 5.88 Å². The largest absolute Gasteiger partial charge is 0.493 e. The highest BCUT2D eigenvalue weighted by Gasteiger charge is 2.36. The summed E-state index contributed by atoms with van der Waals surface area (Å²) in [5.74, 6) is 0.808. The van der Waals surface area contributed by atoms with Crippen molar-refractivity contribution in [2.24, 2.45) is 5.92 Å².